The van der Waals surface area contributed by atoms with Gasteiger partial charge in [-0.15, -0.1) is 0 Å². The summed E-state index contributed by atoms with van der Waals surface area (Å²) in [6, 6.07) is 10.0. The third-order valence-corrected chi connectivity index (χ3v) is 4.48. The average molecular weight is 379 g/mol. The first kappa shape index (κ1) is 19.0. The predicted molar refractivity (Wildman–Crippen MR) is 93.7 cm³/mol. The molecule has 1 aromatic carbocycles. The molecule has 0 bridgehead atoms. The quantitative estimate of drug-likeness (QED) is 0.709. The minimum absolute atomic E-state index is 0.0154. The molecule has 5 nitrogen and oxygen atoms in total. The maximum absolute atomic E-state index is 13.6. The third kappa shape index (κ3) is 4.90. The topological polar surface area (TPSA) is 63.2 Å². The lowest BCUT2D eigenvalue weighted by atomic mass is 10.1. The molecule has 2 N–H and O–H groups in total. The molecule has 0 aliphatic heterocycles. The summed E-state index contributed by atoms with van der Waals surface area (Å²) in [5.74, 6) is -1.17. The Morgan fingerprint density at radius 3 is 2.59 bits per heavy atom. The van der Waals surface area contributed by atoms with Gasteiger partial charge in [-0.1, -0.05) is 37.3 Å². The summed E-state index contributed by atoms with van der Waals surface area (Å²) in [4.78, 5) is 15.8. The van der Waals surface area contributed by atoms with Crippen LogP contribution in [0, 0.1) is 11.8 Å². The number of halogens is 3. The van der Waals surface area contributed by atoms with Crippen LogP contribution in [0.5, 0.6) is 5.75 Å². The molecule has 0 spiro atoms. The van der Waals surface area contributed by atoms with Gasteiger partial charge in [0.1, 0.15) is 17.9 Å². The van der Waals surface area contributed by atoms with Gasteiger partial charge >= 0.3 is 6.18 Å². The summed E-state index contributed by atoms with van der Waals surface area (Å²) in [5, 5.41) is 0. The normalized spacial score (nSPS) is 15.1. The van der Waals surface area contributed by atoms with Crippen molar-refractivity contribution in [3.05, 3.63) is 53.7 Å². The monoisotopic (exact) mass is 379 g/mol. The minimum Gasteiger partial charge on any atom is -0.488 e. The van der Waals surface area contributed by atoms with E-state index in [-0.39, 0.29) is 24.2 Å². The molecule has 0 saturated heterocycles. The van der Waals surface area contributed by atoms with E-state index in [2.05, 4.69) is 15.8 Å². The highest BCUT2D eigenvalue weighted by Crippen LogP contribution is 2.40. The van der Waals surface area contributed by atoms with Crippen molar-refractivity contribution >= 4 is 11.7 Å². The Labute approximate surface area is 154 Å². The Hall–Kier alpha value is -2.77. The van der Waals surface area contributed by atoms with E-state index in [1.54, 1.807) is 31.2 Å². The molecule has 1 aromatic heterocycles. The number of alkyl halides is 3. The van der Waals surface area contributed by atoms with Gasteiger partial charge in [-0.3, -0.25) is 15.6 Å². The van der Waals surface area contributed by atoms with Gasteiger partial charge in [0.05, 0.1) is 0 Å². The van der Waals surface area contributed by atoms with Crippen LogP contribution in [0.3, 0.4) is 0 Å². The van der Waals surface area contributed by atoms with Crippen molar-refractivity contribution in [3.8, 4) is 5.75 Å². The molecule has 1 aliphatic carbocycles. The van der Waals surface area contributed by atoms with Crippen molar-refractivity contribution in [1.82, 2.24) is 10.4 Å². The molecule has 1 saturated carbocycles. The number of hydrazine groups is 1. The number of ether oxygens (including phenoxy) is 1. The standard InChI is InChI=1S/C19H20F3N3O2/c1-12(14-7-8-14)18(26)25-24-17-16(19(20,21)22)15(9-10-23-17)27-11-13-5-3-2-4-6-13/h2-6,9-10,12,14H,7-8,11H2,1H3,(H,23,24)(H,25,26). The van der Waals surface area contributed by atoms with Gasteiger partial charge in [0.15, 0.2) is 5.82 Å². The molecule has 2 aromatic rings. The summed E-state index contributed by atoms with van der Waals surface area (Å²) < 4.78 is 46.1. The highest BCUT2D eigenvalue weighted by molar-refractivity contribution is 5.80. The van der Waals surface area contributed by atoms with Crippen LogP contribution in [0.1, 0.15) is 30.9 Å². The van der Waals surface area contributed by atoms with Crippen LogP contribution in [0.15, 0.2) is 42.6 Å². The third-order valence-electron chi connectivity index (χ3n) is 4.48. The van der Waals surface area contributed by atoms with Crippen LogP contribution >= 0.6 is 0 Å². The van der Waals surface area contributed by atoms with Crippen molar-refractivity contribution in [2.45, 2.75) is 32.5 Å². The Morgan fingerprint density at radius 2 is 1.96 bits per heavy atom. The molecule has 1 aliphatic rings. The Kier molecular flexibility index (Phi) is 5.53. The Balaban J connectivity index is 1.75. The van der Waals surface area contributed by atoms with Crippen LogP contribution in [0.2, 0.25) is 0 Å². The SMILES string of the molecule is CC(C(=O)NNc1nccc(OCc2ccccc2)c1C(F)(F)F)C1CC1. The van der Waals surface area contributed by atoms with Crippen LogP contribution in [-0.2, 0) is 17.6 Å². The number of amides is 1. The average Bonchev–Trinajstić information content (AvgIpc) is 3.49. The first-order chi connectivity index (χ1) is 12.9. The van der Waals surface area contributed by atoms with E-state index in [4.69, 9.17) is 4.74 Å². The first-order valence-corrected chi connectivity index (χ1v) is 8.65. The largest absolute Gasteiger partial charge is 0.488 e. The van der Waals surface area contributed by atoms with Gasteiger partial charge < -0.3 is 4.74 Å². The molecule has 1 unspecified atom stereocenters. The van der Waals surface area contributed by atoms with E-state index in [0.29, 0.717) is 5.92 Å². The number of benzene rings is 1. The molecule has 0 radical (unpaired) electrons. The van der Waals surface area contributed by atoms with E-state index in [9.17, 15) is 18.0 Å². The van der Waals surface area contributed by atoms with E-state index in [1.165, 1.54) is 6.20 Å². The molecule has 3 rings (SSSR count). The molecule has 1 heterocycles. The summed E-state index contributed by atoms with van der Waals surface area (Å²) in [5.41, 5.74) is 4.32. The smallest absolute Gasteiger partial charge is 0.423 e. The maximum Gasteiger partial charge on any atom is 0.423 e. The zero-order valence-electron chi connectivity index (χ0n) is 14.7. The molecule has 144 valence electrons. The molecule has 1 amide bonds. The zero-order chi connectivity index (χ0) is 19.4. The summed E-state index contributed by atoms with van der Waals surface area (Å²) >= 11 is 0. The number of pyridine rings is 1. The Bertz CT molecular complexity index is 793. The van der Waals surface area contributed by atoms with Crippen molar-refractivity contribution < 1.29 is 22.7 Å². The Morgan fingerprint density at radius 1 is 1.26 bits per heavy atom. The highest BCUT2D eigenvalue weighted by atomic mass is 19.4. The zero-order valence-corrected chi connectivity index (χ0v) is 14.7. The fourth-order valence-electron chi connectivity index (χ4n) is 2.71. The minimum atomic E-state index is -4.70. The van der Waals surface area contributed by atoms with Gasteiger partial charge in [-0.05, 0) is 30.4 Å². The van der Waals surface area contributed by atoms with Crippen molar-refractivity contribution in [2.75, 3.05) is 5.43 Å². The number of rotatable bonds is 7. The second kappa shape index (κ2) is 7.85. The fraction of sp³-hybridized carbons (Fsp3) is 0.368. The van der Waals surface area contributed by atoms with Crippen LogP contribution < -0.4 is 15.6 Å². The fourth-order valence-corrected chi connectivity index (χ4v) is 2.71. The van der Waals surface area contributed by atoms with E-state index in [0.717, 1.165) is 24.5 Å². The lowest BCUT2D eigenvalue weighted by Crippen LogP contribution is -2.35. The maximum atomic E-state index is 13.6. The number of hydrogen-bond acceptors (Lipinski definition) is 4. The molecular weight excluding hydrogens is 359 g/mol. The van der Waals surface area contributed by atoms with E-state index < -0.39 is 17.6 Å². The second-order valence-electron chi connectivity index (χ2n) is 6.55. The summed E-state index contributed by atoms with van der Waals surface area (Å²) in [6.45, 7) is 1.74. The predicted octanol–water partition coefficient (Wildman–Crippen LogP) is 4.17. The van der Waals surface area contributed by atoms with Crippen molar-refractivity contribution in [1.29, 1.82) is 0 Å². The van der Waals surface area contributed by atoms with Crippen LogP contribution in [-0.4, -0.2) is 10.9 Å². The van der Waals surface area contributed by atoms with Crippen LogP contribution in [0.4, 0.5) is 19.0 Å². The van der Waals surface area contributed by atoms with E-state index in [1.807, 2.05) is 6.07 Å². The summed E-state index contributed by atoms with van der Waals surface area (Å²) in [7, 11) is 0. The molecule has 1 atom stereocenters. The van der Waals surface area contributed by atoms with Gasteiger partial charge in [0.25, 0.3) is 0 Å². The van der Waals surface area contributed by atoms with Gasteiger partial charge in [-0.25, -0.2) is 4.98 Å². The second-order valence-corrected chi connectivity index (χ2v) is 6.55. The number of carbonyl (C=O) groups excluding carboxylic acids is 1. The molecule has 1 fully saturated rings. The number of nitrogens with zero attached hydrogens (tertiary/aromatic N) is 1. The number of anilines is 1. The van der Waals surface area contributed by atoms with Crippen molar-refractivity contribution in [3.63, 3.8) is 0 Å². The first-order valence-electron chi connectivity index (χ1n) is 8.65. The van der Waals surface area contributed by atoms with Crippen LogP contribution in [0.25, 0.3) is 0 Å². The number of aromatic nitrogens is 1. The van der Waals surface area contributed by atoms with Gasteiger partial charge in [0.2, 0.25) is 5.91 Å². The van der Waals surface area contributed by atoms with E-state index >= 15 is 0 Å². The number of hydrogen-bond donors (Lipinski definition) is 2. The molecule has 8 heteroatoms. The lowest BCUT2D eigenvalue weighted by Gasteiger charge is -2.19. The van der Waals surface area contributed by atoms with Crippen molar-refractivity contribution in [2.24, 2.45) is 11.8 Å². The highest BCUT2D eigenvalue weighted by Gasteiger charge is 2.39. The number of carbonyl (C=O) groups is 1. The summed E-state index contributed by atoms with van der Waals surface area (Å²) in [6.07, 6.45) is -1.57. The van der Waals surface area contributed by atoms with Gasteiger partial charge in [-0.2, -0.15) is 13.2 Å². The lowest BCUT2D eigenvalue weighted by molar-refractivity contribution is -0.138. The molecule has 27 heavy (non-hydrogen) atoms. The van der Waals surface area contributed by atoms with Gasteiger partial charge in [0, 0.05) is 12.1 Å². The molecular formula is C19H20F3N3O2. The number of nitrogens with one attached hydrogen (secondary N) is 2.